The summed E-state index contributed by atoms with van der Waals surface area (Å²) in [5, 5.41) is 88.2. The van der Waals surface area contributed by atoms with Gasteiger partial charge < -0.3 is 81.3 Å². The van der Waals surface area contributed by atoms with Crippen LogP contribution in [0.4, 0.5) is 26.3 Å². The van der Waals surface area contributed by atoms with Crippen LogP contribution in [0.2, 0.25) is 0 Å². The maximum atomic E-state index is 13.0. The molecule has 5 rings (SSSR count). The number of ketones is 1. The van der Waals surface area contributed by atoms with Crippen molar-refractivity contribution in [1.29, 1.82) is 0 Å². The average molecular weight is 1310 g/mol. The Hall–Kier alpha value is -6.30. The molecule has 2 aliphatic heterocycles. The molecular weight excluding hydrogens is 1240 g/mol. The molecule has 0 saturated carbocycles. The zero-order valence-corrected chi connectivity index (χ0v) is 49.6. The van der Waals surface area contributed by atoms with Gasteiger partial charge in [0.2, 0.25) is 17.6 Å². The molecule has 2 heterocycles. The highest BCUT2D eigenvalue weighted by molar-refractivity contribution is 7.99. The number of thioether (sulfide) groups is 2. The summed E-state index contributed by atoms with van der Waals surface area (Å²) in [6.45, 7) is 0.734. The SMILES string of the molecule is CC(=O)N[C@H]1[C@H]([C@H](O)[C@H](O)CNC(=O)c2ccc(C(F)(F)F)cc2)O[C@](C=O)(OCCCSCCNC(=O)c2ccc(C(=O)CCCSCCCO[C@]3(C(=O)O)C[C@H](O)[C@@H](NC(C)=O)[C@H]([C@H](O)[C@@H](O)CNC(=O)c4ccc(C(F)(F)F)cc4)O3)cc2)C[C@@H]1O. The summed E-state index contributed by atoms with van der Waals surface area (Å²) in [6, 6.07) is 9.60. The van der Waals surface area contributed by atoms with Crippen LogP contribution in [0.1, 0.15) is 105 Å². The van der Waals surface area contributed by atoms with Gasteiger partial charge in [0.05, 0.1) is 60.8 Å². The molecule has 0 unspecified atom stereocenters. The van der Waals surface area contributed by atoms with E-state index in [2.05, 4.69) is 26.6 Å². The molecule has 0 radical (unpaired) electrons. The number of carboxylic acids is 1. The maximum Gasteiger partial charge on any atom is 0.416 e. The van der Waals surface area contributed by atoms with Crippen LogP contribution in [0, 0.1) is 0 Å². The molecule has 2 fully saturated rings. The minimum Gasteiger partial charge on any atom is -0.477 e. The van der Waals surface area contributed by atoms with Crippen LogP contribution >= 0.6 is 23.5 Å². The average Bonchev–Trinajstić information content (AvgIpc) is 1.37. The quantitative estimate of drug-likeness (QED) is 0.0179. The largest absolute Gasteiger partial charge is 0.477 e. The van der Waals surface area contributed by atoms with E-state index in [0.29, 0.717) is 71.2 Å². The van der Waals surface area contributed by atoms with Crippen molar-refractivity contribution >= 4 is 71.1 Å². The summed E-state index contributed by atoms with van der Waals surface area (Å²) in [4.78, 5) is 100. The summed E-state index contributed by atoms with van der Waals surface area (Å²) in [6.07, 6.45) is -23.5. The Balaban J connectivity index is 0.978. The fraction of sp³-hybridized carbons (Fsp3) is 0.544. The van der Waals surface area contributed by atoms with Crippen molar-refractivity contribution in [2.75, 3.05) is 55.9 Å². The fourth-order valence-electron chi connectivity index (χ4n) is 9.37. The number of hydrogen-bond acceptors (Lipinski definition) is 20. The maximum absolute atomic E-state index is 13.0. The van der Waals surface area contributed by atoms with Crippen molar-refractivity contribution in [2.24, 2.45) is 0 Å². The number of amides is 5. The first-order chi connectivity index (χ1) is 41.9. The van der Waals surface area contributed by atoms with E-state index in [1.54, 1.807) is 0 Å². The van der Waals surface area contributed by atoms with Crippen LogP contribution in [0.25, 0.3) is 0 Å². The number of benzene rings is 3. The van der Waals surface area contributed by atoms with E-state index in [9.17, 15) is 100 Å². The Kier molecular flexibility index (Phi) is 27.8. The Morgan fingerprint density at radius 3 is 1.45 bits per heavy atom. The number of aliphatic hydroxyl groups excluding tert-OH is 6. The lowest BCUT2D eigenvalue weighted by Crippen LogP contribution is -2.68. The van der Waals surface area contributed by atoms with E-state index < -0.39 is 157 Å². The summed E-state index contributed by atoms with van der Waals surface area (Å²) in [5.74, 6) is -8.30. The van der Waals surface area contributed by atoms with Gasteiger partial charge in [-0.2, -0.15) is 49.9 Å². The van der Waals surface area contributed by atoms with E-state index >= 15 is 0 Å². The summed E-state index contributed by atoms with van der Waals surface area (Å²) in [7, 11) is 0. The predicted molar refractivity (Wildman–Crippen MR) is 305 cm³/mol. The molecule has 0 aliphatic carbocycles. The molecular formula is C57H71F6N5O19S2. The molecule has 12 N–H and O–H groups in total. The van der Waals surface area contributed by atoms with E-state index in [1.807, 2.05) is 0 Å². The first kappa shape index (κ1) is 73.4. The number of rotatable bonds is 33. The molecule has 3 aromatic carbocycles. The number of aliphatic hydroxyl groups is 6. The van der Waals surface area contributed by atoms with Crippen LogP contribution in [-0.4, -0.2) is 212 Å². The van der Waals surface area contributed by atoms with Gasteiger partial charge in [-0.05, 0) is 97.2 Å². The van der Waals surface area contributed by atoms with E-state index in [-0.39, 0.29) is 55.8 Å². The number of aldehydes is 1. The van der Waals surface area contributed by atoms with Gasteiger partial charge in [0.25, 0.3) is 23.5 Å². The number of aliphatic carboxylic acids is 1. The van der Waals surface area contributed by atoms with Crippen molar-refractivity contribution in [1.82, 2.24) is 26.6 Å². The van der Waals surface area contributed by atoms with Crippen molar-refractivity contribution in [3.63, 3.8) is 0 Å². The van der Waals surface area contributed by atoms with E-state index in [4.69, 9.17) is 18.9 Å². The highest BCUT2D eigenvalue weighted by atomic mass is 32.2. The Morgan fingerprint density at radius 2 is 1.00 bits per heavy atom. The Labute approximate surface area is 514 Å². The van der Waals surface area contributed by atoms with E-state index in [1.165, 1.54) is 47.8 Å². The van der Waals surface area contributed by atoms with Gasteiger partial charge in [0, 0.05) is 80.8 Å². The molecule has 3 aromatic rings. The molecule has 2 saturated heterocycles. The van der Waals surface area contributed by atoms with Gasteiger partial charge in [-0.3, -0.25) is 33.6 Å². The summed E-state index contributed by atoms with van der Waals surface area (Å²) >= 11 is 2.85. The first-order valence-corrected chi connectivity index (χ1v) is 30.2. The van der Waals surface area contributed by atoms with Crippen molar-refractivity contribution in [3.05, 3.63) is 106 Å². The lowest BCUT2D eigenvalue weighted by atomic mass is 9.88. The second-order valence-electron chi connectivity index (χ2n) is 20.8. The van der Waals surface area contributed by atoms with Crippen molar-refractivity contribution in [2.45, 2.75) is 137 Å². The Bertz CT molecular complexity index is 2870. The summed E-state index contributed by atoms with van der Waals surface area (Å²) in [5.41, 5.74) is -1.72. The first-order valence-electron chi connectivity index (χ1n) is 27.8. The van der Waals surface area contributed by atoms with Gasteiger partial charge in [0.1, 0.15) is 24.4 Å². The topological polar surface area (TPSA) is 375 Å². The molecule has 12 atom stereocenters. The van der Waals surface area contributed by atoms with Crippen LogP contribution in [0.15, 0.2) is 72.8 Å². The standard InChI is InChI=1S/C57H71F6N5O19S2/c1-31(70)67-44-40(73)26-54(30-69,86-48(44)46(77)42(75)28-65-51(80)35-11-15-37(16-12-35)56(58,59)60)84-20-4-24-89-25-19-64-50(79)34-9-7-33(8-10-34)39(72)6-3-22-88-23-5-21-85-55(53(82)83)27-41(74)45(68-32(2)71)49(87-55)47(78)43(76)29-66-52(81)36-13-17-38(18-14-36)57(61,62)63/h7-18,30,40-49,73-78H,3-6,19-29H2,1-2H3,(H,64,79)(H,65,80)(H,66,81)(H,67,70)(H,68,71)(H,82,83)/t40-,41-,42+,43-,44+,45+,46+,47+,48+,49+,54+,55+/m0/s1. The van der Waals surface area contributed by atoms with Crippen molar-refractivity contribution < 1.29 is 119 Å². The number of carboxylic acid groups (broad SMARTS) is 1. The molecule has 2 aliphatic rings. The molecule has 5 amide bonds. The van der Waals surface area contributed by atoms with Gasteiger partial charge >= 0.3 is 18.3 Å². The highest BCUT2D eigenvalue weighted by Crippen LogP contribution is 2.36. The third-order valence-corrected chi connectivity index (χ3v) is 16.2. The van der Waals surface area contributed by atoms with Crippen LogP contribution < -0.4 is 26.6 Å². The monoisotopic (exact) mass is 1310 g/mol. The lowest BCUT2D eigenvalue weighted by molar-refractivity contribution is -0.310. The van der Waals surface area contributed by atoms with Crippen LogP contribution in [0.5, 0.6) is 0 Å². The van der Waals surface area contributed by atoms with Crippen LogP contribution in [0.3, 0.4) is 0 Å². The van der Waals surface area contributed by atoms with Gasteiger partial charge in [0.15, 0.2) is 12.1 Å². The number of carbonyl (C=O) groups excluding carboxylic acids is 7. The molecule has 32 heteroatoms. The van der Waals surface area contributed by atoms with Gasteiger partial charge in [-0.1, -0.05) is 12.1 Å². The number of alkyl halides is 6. The zero-order chi connectivity index (χ0) is 65.9. The van der Waals surface area contributed by atoms with Crippen LogP contribution in [-0.2, 0) is 50.5 Å². The van der Waals surface area contributed by atoms with Gasteiger partial charge in [-0.25, -0.2) is 4.79 Å². The second-order valence-corrected chi connectivity index (χ2v) is 23.3. The minimum absolute atomic E-state index is 0.0989. The normalized spacial score (nSPS) is 23.4. The fourth-order valence-corrected chi connectivity index (χ4v) is 11.0. The third kappa shape index (κ3) is 21.7. The highest BCUT2D eigenvalue weighted by Gasteiger charge is 2.56. The number of ether oxygens (including phenoxy) is 4. The lowest BCUT2D eigenvalue weighted by Gasteiger charge is -2.46. The van der Waals surface area contributed by atoms with Gasteiger partial charge in [-0.15, -0.1) is 0 Å². The van der Waals surface area contributed by atoms with Crippen molar-refractivity contribution in [3.8, 4) is 0 Å². The number of Topliss-reactive ketones (excluding diaryl/α,β-unsaturated/α-hetero) is 1. The molecule has 0 spiro atoms. The minimum atomic E-state index is -4.65. The van der Waals surface area contributed by atoms with E-state index in [0.717, 1.165) is 38.1 Å². The molecule has 492 valence electrons. The molecule has 0 aromatic heterocycles. The predicted octanol–water partition coefficient (Wildman–Crippen LogP) is 1.99. The summed E-state index contributed by atoms with van der Waals surface area (Å²) < 4.78 is 101. The second kappa shape index (κ2) is 33.7. The number of carbonyl (C=O) groups is 8. The molecule has 89 heavy (non-hydrogen) atoms. The smallest absolute Gasteiger partial charge is 0.416 e. The number of nitrogens with one attached hydrogen (secondary N) is 5. The Morgan fingerprint density at radius 1 is 0.596 bits per heavy atom. The zero-order valence-electron chi connectivity index (χ0n) is 48.0. The third-order valence-electron chi connectivity index (χ3n) is 14.0. The molecule has 24 nitrogen and oxygen atoms in total. The number of halogens is 6. The number of hydrogen-bond donors (Lipinski definition) is 12. The molecule has 0 bridgehead atoms.